The van der Waals surface area contributed by atoms with Gasteiger partial charge in [0.25, 0.3) is 0 Å². The summed E-state index contributed by atoms with van der Waals surface area (Å²) < 4.78 is 0. The Morgan fingerprint density at radius 3 is 1.58 bits per heavy atom. The first-order valence-corrected chi connectivity index (χ1v) is 8.21. The van der Waals surface area contributed by atoms with Crippen molar-refractivity contribution in [3.63, 3.8) is 0 Å². The van der Waals surface area contributed by atoms with E-state index in [0.29, 0.717) is 17.2 Å². The molecule has 0 aliphatic heterocycles. The maximum atomic E-state index is 5.81. The predicted molar refractivity (Wildman–Crippen MR) is 105 cm³/mol. The fourth-order valence-electron chi connectivity index (χ4n) is 2.66. The third-order valence-corrected chi connectivity index (χ3v) is 4.03. The summed E-state index contributed by atoms with van der Waals surface area (Å²) in [5, 5.41) is 0. The second-order valence-electron chi connectivity index (χ2n) is 5.92. The molecule has 0 spiro atoms. The zero-order chi connectivity index (χ0) is 17.9. The van der Waals surface area contributed by atoms with Crippen LogP contribution < -0.4 is 11.5 Å². The Labute approximate surface area is 151 Å². The van der Waals surface area contributed by atoms with Gasteiger partial charge in [0.2, 0.25) is 0 Å². The Hall–Kier alpha value is -3.73. The number of hydrogen-bond acceptors (Lipinski definition) is 5. The first kappa shape index (κ1) is 15.8. The Morgan fingerprint density at radius 1 is 0.577 bits per heavy atom. The lowest BCUT2D eigenvalue weighted by Crippen LogP contribution is -1.97. The van der Waals surface area contributed by atoms with E-state index < -0.39 is 0 Å². The number of hydrogen-bond donors (Lipinski definition) is 2. The average Bonchev–Trinajstić information content (AvgIpc) is 2.69. The molecule has 4 aromatic rings. The minimum Gasteiger partial charge on any atom is -0.399 e. The number of nitrogens with two attached hydrogens (primary N) is 2. The highest BCUT2D eigenvalue weighted by molar-refractivity contribution is 5.72. The molecule has 0 saturated carbocycles. The van der Waals surface area contributed by atoms with Crippen molar-refractivity contribution >= 4 is 11.4 Å². The number of anilines is 2. The van der Waals surface area contributed by atoms with Crippen molar-refractivity contribution in [2.75, 3.05) is 11.5 Å². The summed E-state index contributed by atoms with van der Waals surface area (Å²) in [6.45, 7) is 0. The van der Waals surface area contributed by atoms with Gasteiger partial charge in [0.1, 0.15) is 5.69 Å². The van der Waals surface area contributed by atoms with Crippen LogP contribution in [0.5, 0.6) is 0 Å². The number of nitrogens with zero attached hydrogens (tertiary/aromatic N) is 3. The Bertz CT molecular complexity index is 962. The molecule has 0 bridgehead atoms. The molecule has 0 amide bonds. The van der Waals surface area contributed by atoms with Crippen LogP contribution in [-0.4, -0.2) is 15.0 Å². The van der Waals surface area contributed by atoms with E-state index in [2.05, 4.69) is 4.98 Å². The second kappa shape index (κ2) is 6.64. The lowest BCUT2D eigenvalue weighted by atomic mass is 10.1. The lowest BCUT2D eigenvalue weighted by Gasteiger charge is -2.09. The first-order valence-electron chi connectivity index (χ1n) is 8.21. The average molecular weight is 339 g/mol. The topological polar surface area (TPSA) is 90.7 Å². The molecule has 4 rings (SSSR count). The summed E-state index contributed by atoms with van der Waals surface area (Å²) in [5.74, 6) is 0.576. The van der Waals surface area contributed by atoms with Crippen LogP contribution in [0.1, 0.15) is 0 Å². The van der Waals surface area contributed by atoms with E-state index in [1.807, 2.05) is 72.8 Å². The molecule has 2 heterocycles. The van der Waals surface area contributed by atoms with Crippen LogP contribution in [0, 0.1) is 0 Å². The van der Waals surface area contributed by atoms with Crippen LogP contribution >= 0.6 is 0 Å². The fraction of sp³-hybridized carbons (Fsp3) is 0. The maximum absolute atomic E-state index is 5.81. The van der Waals surface area contributed by atoms with E-state index >= 15 is 0 Å². The van der Waals surface area contributed by atoms with Crippen molar-refractivity contribution < 1.29 is 0 Å². The van der Waals surface area contributed by atoms with Gasteiger partial charge in [-0.3, -0.25) is 4.98 Å². The van der Waals surface area contributed by atoms with Gasteiger partial charge in [-0.25, -0.2) is 9.97 Å². The largest absolute Gasteiger partial charge is 0.399 e. The quantitative estimate of drug-likeness (QED) is 0.550. The van der Waals surface area contributed by atoms with E-state index in [9.17, 15) is 0 Å². The van der Waals surface area contributed by atoms with Crippen LogP contribution in [0.15, 0.2) is 79.0 Å². The third-order valence-electron chi connectivity index (χ3n) is 4.03. The molecule has 5 nitrogen and oxygen atoms in total. The van der Waals surface area contributed by atoms with Gasteiger partial charge in [-0.1, -0.05) is 30.3 Å². The van der Waals surface area contributed by atoms with Crippen LogP contribution in [-0.2, 0) is 0 Å². The number of nitrogen functional groups attached to an aromatic ring is 2. The van der Waals surface area contributed by atoms with E-state index in [1.54, 1.807) is 6.20 Å². The summed E-state index contributed by atoms with van der Waals surface area (Å²) in [6.07, 6.45) is 1.73. The zero-order valence-corrected chi connectivity index (χ0v) is 14.0. The maximum Gasteiger partial charge on any atom is 0.179 e. The highest BCUT2D eigenvalue weighted by Gasteiger charge is 2.11. The van der Waals surface area contributed by atoms with Crippen LogP contribution in [0.2, 0.25) is 0 Å². The Balaban J connectivity index is 1.89. The molecule has 0 aliphatic carbocycles. The zero-order valence-electron chi connectivity index (χ0n) is 14.0. The second-order valence-corrected chi connectivity index (χ2v) is 5.92. The molecule has 5 heteroatoms. The fourth-order valence-corrected chi connectivity index (χ4v) is 2.66. The number of aromatic nitrogens is 3. The van der Waals surface area contributed by atoms with E-state index in [1.165, 1.54) is 0 Å². The third kappa shape index (κ3) is 3.23. The van der Waals surface area contributed by atoms with Crippen molar-refractivity contribution in [3.8, 4) is 34.0 Å². The minimum atomic E-state index is 0.576. The number of benzene rings is 2. The molecule has 0 unspecified atom stereocenters. The van der Waals surface area contributed by atoms with Gasteiger partial charge < -0.3 is 11.5 Å². The highest BCUT2D eigenvalue weighted by Crippen LogP contribution is 2.27. The van der Waals surface area contributed by atoms with Crippen LogP contribution in [0.3, 0.4) is 0 Å². The van der Waals surface area contributed by atoms with Crippen LogP contribution in [0.25, 0.3) is 34.0 Å². The van der Waals surface area contributed by atoms with Gasteiger partial charge in [-0.15, -0.1) is 0 Å². The summed E-state index contributed by atoms with van der Waals surface area (Å²) in [5.41, 5.74) is 17.3. The van der Waals surface area contributed by atoms with E-state index in [-0.39, 0.29) is 0 Å². The predicted octanol–water partition coefficient (Wildman–Crippen LogP) is 4.04. The molecule has 0 saturated heterocycles. The van der Waals surface area contributed by atoms with Crippen LogP contribution in [0.4, 0.5) is 11.4 Å². The molecular formula is C21H17N5. The summed E-state index contributed by atoms with van der Waals surface area (Å²) >= 11 is 0. The van der Waals surface area contributed by atoms with Gasteiger partial charge >= 0.3 is 0 Å². The molecule has 0 radical (unpaired) electrons. The minimum absolute atomic E-state index is 0.576. The molecule has 2 aromatic carbocycles. The highest BCUT2D eigenvalue weighted by atomic mass is 14.9. The molecule has 0 fully saturated rings. The Morgan fingerprint density at radius 2 is 1.12 bits per heavy atom. The van der Waals surface area contributed by atoms with Crippen molar-refractivity contribution in [3.05, 3.63) is 79.0 Å². The number of rotatable bonds is 3. The summed E-state index contributed by atoms with van der Waals surface area (Å²) in [4.78, 5) is 13.8. The SMILES string of the molecule is Nc1ccc(-c2cc(-c3ccc(N)cc3)nc(-c3ccccn3)n2)cc1. The summed E-state index contributed by atoms with van der Waals surface area (Å²) in [7, 11) is 0. The Kier molecular flexibility index (Phi) is 4.03. The van der Waals surface area contributed by atoms with Crippen molar-refractivity contribution in [2.24, 2.45) is 0 Å². The molecule has 0 aliphatic rings. The van der Waals surface area contributed by atoms with Gasteiger partial charge in [-0.2, -0.15) is 0 Å². The molecule has 126 valence electrons. The van der Waals surface area contributed by atoms with E-state index in [0.717, 1.165) is 28.2 Å². The van der Waals surface area contributed by atoms with Gasteiger partial charge in [0.05, 0.1) is 11.4 Å². The van der Waals surface area contributed by atoms with E-state index in [4.69, 9.17) is 21.4 Å². The standard InChI is InChI=1S/C21H17N5/c22-16-8-4-14(5-9-16)19-13-20(15-6-10-17(23)11-7-15)26-21(25-19)18-3-1-2-12-24-18/h1-13H,22-23H2. The van der Waals surface area contributed by atoms with Gasteiger partial charge in [0, 0.05) is 28.7 Å². The van der Waals surface area contributed by atoms with Crippen molar-refractivity contribution in [2.45, 2.75) is 0 Å². The normalized spacial score (nSPS) is 10.6. The van der Waals surface area contributed by atoms with Gasteiger partial charge in [-0.05, 0) is 42.5 Å². The lowest BCUT2D eigenvalue weighted by molar-refractivity contribution is 1.15. The molecular weight excluding hydrogens is 322 g/mol. The molecule has 26 heavy (non-hydrogen) atoms. The summed E-state index contributed by atoms with van der Waals surface area (Å²) in [6, 6.07) is 22.9. The van der Waals surface area contributed by atoms with Crippen molar-refractivity contribution in [1.82, 2.24) is 15.0 Å². The molecule has 4 N–H and O–H groups in total. The molecule has 2 aromatic heterocycles. The monoisotopic (exact) mass is 339 g/mol. The first-order chi connectivity index (χ1) is 12.7. The van der Waals surface area contributed by atoms with Crippen molar-refractivity contribution in [1.29, 1.82) is 0 Å². The smallest absolute Gasteiger partial charge is 0.179 e. The number of pyridine rings is 1. The van der Waals surface area contributed by atoms with Gasteiger partial charge in [0.15, 0.2) is 5.82 Å². The molecule has 0 atom stereocenters.